The molecule has 0 spiro atoms. The Balaban J connectivity index is 1.67. The third-order valence-electron chi connectivity index (χ3n) is 4.48. The number of nitrogens with one attached hydrogen (secondary N) is 2. The van der Waals surface area contributed by atoms with Crippen LogP contribution in [-0.4, -0.2) is 30.6 Å². The number of hydrogen-bond donors (Lipinski definition) is 2. The quantitative estimate of drug-likeness (QED) is 0.798. The minimum Gasteiger partial charge on any atom is -0.336 e. The van der Waals surface area contributed by atoms with Crippen LogP contribution < -0.4 is 10.6 Å². The summed E-state index contributed by atoms with van der Waals surface area (Å²) in [6.45, 7) is 2.20. The molecular formula is C19H20ClF2N3O. The van der Waals surface area contributed by atoms with Crippen LogP contribution in [0.4, 0.5) is 19.3 Å². The van der Waals surface area contributed by atoms with Gasteiger partial charge in [0.05, 0.1) is 11.7 Å². The molecule has 0 bridgehead atoms. The van der Waals surface area contributed by atoms with Crippen LogP contribution in [0.25, 0.3) is 0 Å². The Hall–Kier alpha value is -2.18. The van der Waals surface area contributed by atoms with E-state index in [1.807, 2.05) is 24.3 Å². The Morgan fingerprint density at radius 3 is 2.58 bits per heavy atom. The fourth-order valence-electron chi connectivity index (χ4n) is 3.18. The predicted octanol–water partition coefficient (Wildman–Crippen LogP) is 4.58. The second-order valence-corrected chi connectivity index (χ2v) is 6.65. The lowest BCUT2D eigenvalue weighted by molar-refractivity contribution is 0.227. The first-order chi connectivity index (χ1) is 12.5. The van der Waals surface area contributed by atoms with Crippen LogP contribution in [0, 0.1) is 11.6 Å². The third-order valence-corrected chi connectivity index (χ3v) is 4.83. The molecule has 0 unspecified atom stereocenters. The van der Waals surface area contributed by atoms with Gasteiger partial charge in [-0.05, 0) is 49.7 Å². The van der Waals surface area contributed by atoms with Gasteiger partial charge in [0.1, 0.15) is 11.6 Å². The largest absolute Gasteiger partial charge is 0.336 e. The van der Waals surface area contributed by atoms with Gasteiger partial charge in [-0.25, -0.2) is 13.6 Å². The van der Waals surface area contributed by atoms with Gasteiger partial charge in [0.25, 0.3) is 0 Å². The van der Waals surface area contributed by atoms with Crippen LogP contribution in [0.15, 0.2) is 42.5 Å². The van der Waals surface area contributed by atoms with Gasteiger partial charge in [0.15, 0.2) is 0 Å². The highest BCUT2D eigenvalue weighted by Gasteiger charge is 2.25. The molecule has 138 valence electrons. The summed E-state index contributed by atoms with van der Waals surface area (Å²) in [6, 6.07) is 9.96. The number of nitrogens with zero attached hydrogens (tertiary/aromatic N) is 1. The van der Waals surface area contributed by atoms with Crippen molar-refractivity contribution >= 4 is 23.3 Å². The van der Waals surface area contributed by atoms with Crippen molar-refractivity contribution in [2.45, 2.75) is 18.9 Å². The summed E-state index contributed by atoms with van der Waals surface area (Å²) in [4.78, 5) is 14.4. The molecule has 1 heterocycles. The lowest BCUT2D eigenvalue weighted by Crippen LogP contribution is -2.38. The maximum absolute atomic E-state index is 13.7. The van der Waals surface area contributed by atoms with E-state index in [2.05, 4.69) is 15.5 Å². The monoisotopic (exact) mass is 379 g/mol. The van der Waals surface area contributed by atoms with Crippen molar-refractivity contribution in [1.82, 2.24) is 10.2 Å². The fourth-order valence-corrected chi connectivity index (χ4v) is 3.44. The molecule has 1 saturated heterocycles. The molecule has 0 aromatic heterocycles. The number of carbonyl (C=O) groups is 1. The van der Waals surface area contributed by atoms with Crippen LogP contribution in [0.1, 0.15) is 24.4 Å². The van der Waals surface area contributed by atoms with E-state index >= 15 is 0 Å². The van der Waals surface area contributed by atoms with Crippen molar-refractivity contribution in [3.8, 4) is 0 Å². The molecule has 0 radical (unpaired) electrons. The Labute approximate surface area is 156 Å². The minimum atomic E-state index is -0.817. The summed E-state index contributed by atoms with van der Waals surface area (Å²) in [6.07, 6.45) is 2.21. The Morgan fingerprint density at radius 1 is 1.15 bits per heavy atom. The second kappa shape index (κ2) is 8.47. The van der Waals surface area contributed by atoms with Crippen LogP contribution in [0.5, 0.6) is 0 Å². The van der Waals surface area contributed by atoms with E-state index < -0.39 is 17.7 Å². The fraction of sp³-hybridized carbons (Fsp3) is 0.316. The first-order valence-electron chi connectivity index (χ1n) is 8.53. The van der Waals surface area contributed by atoms with Crippen molar-refractivity contribution in [2.24, 2.45) is 0 Å². The molecule has 1 aliphatic heterocycles. The van der Waals surface area contributed by atoms with E-state index in [-0.39, 0.29) is 11.7 Å². The lowest BCUT2D eigenvalue weighted by atomic mass is 10.1. The molecule has 26 heavy (non-hydrogen) atoms. The average molecular weight is 380 g/mol. The first-order valence-corrected chi connectivity index (χ1v) is 8.91. The molecule has 0 aliphatic carbocycles. The predicted molar refractivity (Wildman–Crippen MR) is 98.4 cm³/mol. The van der Waals surface area contributed by atoms with E-state index in [0.29, 0.717) is 11.6 Å². The van der Waals surface area contributed by atoms with E-state index in [4.69, 9.17) is 11.6 Å². The van der Waals surface area contributed by atoms with Gasteiger partial charge in [-0.15, -0.1) is 0 Å². The number of anilines is 1. The summed E-state index contributed by atoms with van der Waals surface area (Å²) in [5.74, 6) is -1.51. The van der Waals surface area contributed by atoms with Crippen LogP contribution in [0.3, 0.4) is 0 Å². The molecule has 1 aliphatic rings. The van der Waals surface area contributed by atoms with Crippen molar-refractivity contribution in [2.75, 3.05) is 25.0 Å². The number of carbonyl (C=O) groups excluding carboxylic acids is 1. The number of amides is 2. The number of urea groups is 1. The average Bonchev–Trinajstić information content (AvgIpc) is 3.13. The molecule has 7 heteroatoms. The van der Waals surface area contributed by atoms with E-state index in [1.54, 1.807) is 0 Å². The van der Waals surface area contributed by atoms with E-state index in [0.717, 1.165) is 43.6 Å². The standard InChI is InChI=1S/C19H20ClF2N3O/c20-15-6-2-1-5-14(15)18(25-9-3-4-10-25)12-23-19(26)24-17-8-7-13(21)11-16(17)22/h1-2,5-8,11,18H,3-4,9-10,12H2,(H2,23,24,26)/t18-/m0/s1. The summed E-state index contributed by atoms with van der Waals surface area (Å²) < 4.78 is 26.6. The minimum absolute atomic E-state index is 0.0602. The van der Waals surface area contributed by atoms with Gasteiger partial charge < -0.3 is 10.6 Å². The molecule has 0 saturated carbocycles. The summed E-state index contributed by atoms with van der Waals surface area (Å²) >= 11 is 6.34. The Morgan fingerprint density at radius 2 is 1.88 bits per heavy atom. The van der Waals surface area contributed by atoms with Crippen LogP contribution in [-0.2, 0) is 0 Å². The van der Waals surface area contributed by atoms with E-state index in [9.17, 15) is 13.6 Å². The van der Waals surface area contributed by atoms with Gasteiger partial charge in [-0.3, -0.25) is 4.90 Å². The summed E-state index contributed by atoms with van der Waals surface area (Å²) in [5.41, 5.74) is 0.878. The molecule has 3 rings (SSSR count). The molecule has 4 nitrogen and oxygen atoms in total. The first kappa shape index (κ1) is 18.6. The third kappa shape index (κ3) is 4.51. The normalized spacial score (nSPS) is 15.7. The number of halogens is 3. The molecule has 2 aromatic rings. The molecule has 1 atom stereocenters. The smallest absolute Gasteiger partial charge is 0.319 e. The van der Waals surface area contributed by atoms with Gasteiger partial charge in [0.2, 0.25) is 0 Å². The molecule has 2 aromatic carbocycles. The van der Waals surface area contributed by atoms with Crippen LogP contribution in [0.2, 0.25) is 5.02 Å². The van der Waals surface area contributed by atoms with Crippen molar-refractivity contribution < 1.29 is 13.6 Å². The molecule has 2 amide bonds. The van der Waals surface area contributed by atoms with Crippen molar-refractivity contribution in [3.63, 3.8) is 0 Å². The zero-order valence-corrected chi connectivity index (χ0v) is 14.9. The zero-order valence-electron chi connectivity index (χ0n) is 14.1. The number of hydrogen-bond acceptors (Lipinski definition) is 2. The molecule has 2 N–H and O–H groups in total. The maximum atomic E-state index is 13.7. The second-order valence-electron chi connectivity index (χ2n) is 6.24. The van der Waals surface area contributed by atoms with E-state index in [1.165, 1.54) is 6.07 Å². The highest BCUT2D eigenvalue weighted by Crippen LogP contribution is 2.29. The Bertz CT molecular complexity index is 781. The van der Waals surface area contributed by atoms with Crippen molar-refractivity contribution in [3.05, 3.63) is 64.7 Å². The van der Waals surface area contributed by atoms with Crippen LogP contribution >= 0.6 is 11.6 Å². The topological polar surface area (TPSA) is 44.4 Å². The maximum Gasteiger partial charge on any atom is 0.319 e. The highest BCUT2D eigenvalue weighted by atomic mass is 35.5. The SMILES string of the molecule is O=C(NC[C@@H](c1ccccc1Cl)N1CCCC1)Nc1ccc(F)cc1F. The van der Waals surface area contributed by atoms with Crippen molar-refractivity contribution in [1.29, 1.82) is 0 Å². The van der Waals surface area contributed by atoms with Gasteiger partial charge >= 0.3 is 6.03 Å². The van der Waals surface area contributed by atoms with Gasteiger partial charge in [-0.2, -0.15) is 0 Å². The molecular weight excluding hydrogens is 360 g/mol. The number of benzene rings is 2. The number of likely N-dealkylation sites (tertiary alicyclic amines) is 1. The lowest BCUT2D eigenvalue weighted by Gasteiger charge is -2.29. The summed E-state index contributed by atoms with van der Waals surface area (Å²) in [7, 11) is 0. The number of rotatable bonds is 5. The Kier molecular flexibility index (Phi) is 6.06. The molecule has 1 fully saturated rings. The summed E-state index contributed by atoms with van der Waals surface area (Å²) in [5, 5.41) is 5.82. The van der Waals surface area contributed by atoms with Gasteiger partial charge in [0, 0.05) is 17.6 Å². The van der Waals surface area contributed by atoms with Gasteiger partial charge in [-0.1, -0.05) is 29.8 Å². The highest BCUT2D eigenvalue weighted by molar-refractivity contribution is 6.31. The zero-order chi connectivity index (χ0) is 18.5.